The van der Waals surface area contributed by atoms with Crippen molar-refractivity contribution in [3.05, 3.63) is 53.2 Å². The number of rotatable bonds is 6. The van der Waals surface area contributed by atoms with Gasteiger partial charge in [-0.05, 0) is 51.1 Å². The van der Waals surface area contributed by atoms with Crippen LogP contribution in [0.5, 0.6) is 5.75 Å². The highest BCUT2D eigenvalue weighted by molar-refractivity contribution is 7.17. The number of carbonyl (C=O) groups excluding carboxylic acids is 1. The standard InChI is InChI=1S/C19H19N3O2S/c1-4-24-15-10-14(17-9-8-16(25-17)13(3)23)11-20-19(15)22-18-7-5-6-12(2)21-18/h5-11H,4H2,1-3H3,(H,20,21,22). The number of nitrogens with zero attached hydrogens (tertiary/aromatic N) is 2. The Morgan fingerprint density at radius 3 is 2.80 bits per heavy atom. The van der Waals surface area contributed by atoms with E-state index in [0.717, 1.165) is 26.8 Å². The van der Waals surface area contributed by atoms with Crippen molar-refractivity contribution in [3.8, 4) is 16.2 Å². The van der Waals surface area contributed by atoms with Gasteiger partial charge in [0.05, 0.1) is 11.5 Å². The molecule has 3 aromatic heterocycles. The molecule has 3 heterocycles. The van der Waals surface area contributed by atoms with Crippen LogP contribution in [0.25, 0.3) is 10.4 Å². The zero-order valence-electron chi connectivity index (χ0n) is 14.4. The van der Waals surface area contributed by atoms with Crippen molar-refractivity contribution in [2.75, 3.05) is 11.9 Å². The lowest BCUT2D eigenvalue weighted by Crippen LogP contribution is -2.02. The molecule has 1 N–H and O–H groups in total. The van der Waals surface area contributed by atoms with Crippen molar-refractivity contribution >= 4 is 28.8 Å². The SMILES string of the molecule is CCOc1cc(-c2ccc(C(C)=O)s2)cnc1Nc1cccc(C)n1. The van der Waals surface area contributed by atoms with Gasteiger partial charge in [0, 0.05) is 22.3 Å². The zero-order chi connectivity index (χ0) is 17.8. The lowest BCUT2D eigenvalue weighted by Gasteiger charge is -2.12. The molecule has 0 radical (unpaired) electrons. The van der Waals surface area contributed by atoms with E-state index in [-0.39, 0.29) is 5.78 Å². The molecule has 0 aliphatic rings. The maximum Gasteiger partial charge on any atom is 0.174 e. The van der Waals surface area contributed by atoms with Crippen molar-refractivity contribution in [2.24, 2.45) is 0 Å². The highest BCUT2D eigenvalue weighted by atomic mass is 32.1. The van der Waals surface area contributed by atoms with Gasteiger partial charge in [0.25, 0.3) is 0 Å². The molecular formula is C19H19N3O2S. The summed E-state index contributed by atoms with van der Waals surface area (Å²) in [6.45, 7) is 5.97. The van der Waals surface area contributed by atoms with Crippen molar-refractivity contribution in [1.29, 1.82) is 0 Å². The monoisotopic (exact) mass is 353 g/mol. The number of anilines is 2. The Bertz CT molecular complexity index is 905. The van der Waals surface area contributed by atoms with E-state index in [9.17, 15) is 4.79 Å². The highest BCUT2D eigenvalue weighted by Crippen LogP contribution is 2.34. The molecule has 6 heteroatoms. The number of aromatic nitrogens is 2. The zero-order valence-corrected chi connectivity index (χ0v) is 15.2. The number of pyridine rings is 2. The molecule has 3 aromatic rings. The van der Waals surface area contributed by atoms with Crippen molar-refractivity contribution < 1.29 is 9.53 Å². The summed E-state index contributed by atoms with van der Waals surface area (Å²) >= 11 is 1.45. The van der Waals surface area contributed by atoms with Gasteiger partial charge < -0.3 is 10.1 Å². The van der Waals surface area contributed by atoms with Crippen LogP contribution in [0, 0.1) is 6.92 Å². The number of carbonyl (C=O) groups is 1. The summed E-state index contributed by atoms with van der Waals surface area (Å²) in [5.41, 5.74) is 1.85. The minimum atomic E-state index is 0.0676. The summed E-state index contributed by atoms with van der Waals surface area (Å²) in [7, 11) is 0. The molecule has 0 amide bonds. The number of Topliss-reactive ketones (excluding diaryl/α,β-unsaturated/α-hetero) is 1. The average molecular weight is 353 g/mol. The summed E-state index contributed by atoms with van der Waals surface area (Å²) in [4.78, 5) is 22.1. The fraction of sp³-hybridized carbons (Fsp3) is 0.211. The third-order valence-electron chi connectivity index (χ3n) is 3.52. The average Bonchev–Trinajstić information content (AvgIpc) is 3.07. The second-order valence-electron chi connectivity index (χ2n) is 5.51. The van der Waals surface area contributed by atoms with E-state index in [1.54, 1.807) is 13.1 Å². The predicted molar refractivity (Wildman–Crippen MR) is 101 cm³/mol. The van der Waals surface area contributed by atoms with Gasteiger partial charge in [-0.1, -0.05) is 6.07 Å². The third-order valence-corrected chi connectivity index (χ3v) is 4.76. The van der Waals surface area contributed by atoms with Crippen LogP contribution in [0.3, 0.4) is 0 Å². The molecule has 0 fully saturated rings. The van der Waals surface area contributed by atoms with E-state index in [2.05, 4.69) is 15.3 Å². The van der Waals surface area contributed by atoms with Gasteiger partial charge in [-0.2, -0.15) is 0 Å². The van der Waals surface area contributed by atoms with Gasteiger partial charge in [0.15, 0.2) is 17.4 Å². The number of hydrogen-bond acceptors (Lipinski definition) is 6. The smallest absolute Gasteiger partial charge is 0.174 e. The minimum Gasteiger partial charge on any atom is -0.490 e. The summed E-state index contributed by atoms with van der Waals surface area (Å²) in [5.74, 6) is 2.06. The van der Waals surface area contributed by atoms with Gasteiger partial charge in [0.1, 0.15) is 5.82 Å². The lowest BCUT2D eigenvalue weighted by molar-refractivity contribution is 0.102. The first-order valence-corrected chi connectivity index (χ1v) is 8.83. The van der Waals surface area contributed by atoms with E-state index in [1.165, 1.54) is 11.3 Å². The number of ketones is 1. The molecule has 5 nitrogen and oxygen atoms in total. The molecule has 0 aromatic carbocycles. The Hall–Kier alpha value is -2.73. The van der Waals surface area contributed by atoms with Crippen LogP contribution in [0.2, 0.25) is 0 Å². The number of nitrogens with one attached hydrogen (secondary N) is 1. The summed E-state index contributed by atoms with van der Waals surface area (Å²) in [6, 6.07) is 11.5. The molecule has 0 unspecified atom stereocenters. The third kappa shape index (κ3) is 4.03. The lowest BCUT2D eigenvalue weighted by atomic mass is 10.2. The number of ether oxygens (including phenoxy) is 1. The molecule has 0 saturated heterocycles. The number of aryl methyl sites for hydroxylation is 1. The van der Waals surface area contributed by atoms with Crippen LogP contribution in [-0.4, -0.2) is 22.4 Å². The Morgan fingerprint density at radius 2 is 2.12 bits per heavy atom. The molecular weight excluding hydrogens is 334 g/mol. The van der Waals surface area contributed by atoms with Crippen molar-refractivity contribution in [1.82, 2.24) is 9.97 Å². The highest BCUT2D eigenvalue weighted by Gasteiger charge is 2.12. The molecule has 128 valence electrons. The fourth-order valence-electron chi connectivity index (χ4n) is 2.35. The first kappa shape index (κ1) is 17.1. The van der Waals surface area contributed by atoms with E-state index < -0.39 is 0 Å². The van der Waals surface area contributed by atoms with Crippen LogP contribution >= 0.6 is 11.3 Å². The van der Waals surface area contributed by atoms with Crippen LogP contribution in [0.1, 0.15) is 29.2 Å². The van der Waals surface area contributed by atoms with Crippen LogP contribution in [0.4, 0.5) is 11.6 Å². The Balaban J connectivity index is 1.93. The van der Waals surface area contributed by atoms with Gasteiger partial charge in [0.2, 0.25) is 0 Å². The first-order chi connectivity index (χ1) is 12.1. The van der Waals surface area contributed by atoms with Gasteiger partial charge in [-0.15, -0.1) is 11.3 Å². The minimum absolute atomic E-state index is 0.0676. The van der Waals surface area contributed by atoms with E-state index in [1.807, 2.05) is 50.2 Å². The van der Waals surface area contributed by atoms with Crippen LogP contribution in [0.15, 0.2) is 42.6 Å². The maximum atomic E-state index is 11.5. The van der Waals surface area contributed by atoms with Crippen molar-refractivity contribution in [2.45, 2.75) is 20.8 Å². The van der Waals surface area contributed by atoms with Crippen molar-refractivity contribution in [3.63, 3.8) is 0 Å². The topological polar surface area (TPSA) is 64.1 Å². The molecule has 0 bridgehead atoms. The Kier molecular flexibility index (Phi) is 5.09. The molecule has 0 spiro atoms. The fourth-order valence-corrected chi connectivity index (χ4v) is 3.24. The van der Waals surface area contributed by atoms with Gasteiger partial charge in [-0.3, -0.25) is 4.79 Å². The largest absolute Gasteiger partial charge is 0.490 e. The second-order valence-corrected chi connectivity index (χ2v) is 6.60. The second kappa shape index (κ2) is 7.44. The molecule has 0 aliphatic heterocycles. The molecule has 0 saturated carbocycles. The molecule has 0 atom stereocenters. The maximum absolute atomic E-state index is 11.5. The molecule has 3 rings (SSSR count). The van der Waals surface area contributed by atoms with Crippen LogP contribution in [-0.2, 0) is 0 Å². The Morgan fingerprint density at radius 1 is 1.28 bits per heavy atom. The molecule has 25 heavy (non-hydrogen) atoms. The summed E-state index contributed by atoms with van der Waals surface area (Å²) < 4.78 is 5.74. The van der Waals surface area contributed by atoms with E-state index >= 15 is 0 Å². The van der Waals surface area contributed by atoms with E-state index in [0.29, 0.717) is 18.2 Å². The van der Waals surface area contributed by atoms with Crippen LogP contribution < -0.4 is 10.1 Å². The van der Waals surface area contributed by atoms with Gasteiger partial charge in [-0.25, -0.2) is 9.97 Å². The normalized spacial score (nSPS) is 10.5. The number of hydrogen-bond donors (Lipinski definition) is 1. The van der Waals surface area contributed by atoms with Gasteiger partial charge >= 0.3 is 0 Å². The first-order valence-electron chi connectivity index (χ1n) is 8.01. The quantitative estimate of drug-likeness (QED) is 0.641. The van der Waals surface area contributed by atoms with E-state index in [4.69, 9.17) is 4.74 Å². The molecule has 0 aliphatic carbocycles. The number of thiophene rings is 1. The Labute approximate surface area is 150 Å². The summed E-state index contributed by atoms with van der Waals surface area (Å²) in [6.07, 6.45) is 1.77. The predicted octanol–water partition coefficient (Wildman–Crippen LogP) is 4.86. The summed E-state index contributed by atoms with van der Waals surface area (Å²) in [5, 5.41) is 3.20.